The molecule has 0 unspecified atom stereocenters. The second-order valence-corrected chi connectivity index (χ2v) is 8.27. The van der Waals surface area contributed by atoms with E-state index in [-0.39, 0.29) is 17.6 Å². The average Bonchev–Trinajstić information content (AvgIpc) is 3.37. The Labute approximate surface area is 170 Å². The summed E-state index contributed by atoms with van der Waals surface area (Å²) < 4.78 is 14.7. The number of nitrogens with one attached hydrogen (secondary N) is 2. The molecule has 2 aromatic carbocycles. The maximum absolute atomic E-state index is 13.9. The number of hydrogen-bond donors (Lipinski definition) is 2. The molecular formula is C21H20FN5OS. The van der Waals surface area contributed by atoms with Gasteiger partial charge < -0.3 is 15.2 Å². The van der Waals surface area contributed by atoms with Gasteiger partial charge in [-0.15, -0.1) is 0 Å². The van der Waals surface area contributed by atoms with Gasteiger partial charge in [-0.1, -0.05) is 29.5 Å². The van der Waals surface area contributed by atoms with Crippen LogP contribution in [-0.2, 0) is 11.3 Å². The molecular weight excluding hydrogens is 389 g/mol. The lowest BCUT2D eigenvalue weighted by Gasteiger charge is -2.30. The van der Waals surface area contributed by atoms with Crippen molar-refractivity contribution in [1.82, 2.24) is 20.3 Å². The van der Waals surface area contributed by atoms with Gasteiger partial charge in [-0.2, -0.15) is 0 Å². The average molecular weight is 409 g/mol. The SMILES string of the molecule is O=C(NCc1nc2ccccc2[nH]1)C1CCN(c2nc3c(F)cccc3s2)CC1. The Morgan fingerprint density at radius 3 is 2.79 bits per heavy atom. The third kappa shape index (κ3) is 3.55. The molecule has 2 N–H and O–H groups in total. The summed E-state index contributed by atoms with van der Waals surface area (Å²) in [7, 11) is 0. The van der Waals surface area contributed by atoms with Crippen LogP contribution < -0.4 is 10.2 Å². The predicted molar refractivity (Wildman–Crippen MR) is 112 cm³/mol. The fraction of sp³-hybridized carbons (Fsp3) is 0.286. The first kappa shape index (κ1) is 18.1. The Bertz CT molecular complexity index is 1150. The van der Waals surface area contributed by atoms with Gasteiger partial charge in [-0.25, -0.2) is 14.4 Å². The minimum atomic E-state index is -0.287. The summed E-state index contributed by atoms with van der Waals surface area (Å²) in [5.74, 6) is 0.500. The number of halogens is 1. The molecule has 1 amide bonds. The normalized spacial score (nSPS) is 15.3. The number of anilines is 1. The van der Waals surface area contributed by atoms with E-state index in [9.17, 15) is 9.18 Å². The van der Waals surface area contributed by atoms with Crippen molar-refractivity contribution in [2.45, 2.75) is 19.4 Å². The van der Waals surface area contributed by atoms with E-state index in [0.717, 1.165) is 52.6 Å². The zero-order chi connectivity index (χ0) is 19.8. The lowest BCUT2D eigenvalue weighted by Crippen LogP contribution is -2.40. The minimum Gasteiger partial charge on any atom is -0.349 e. The van der Waals surface area contributed by atoms with Gasteiger partial charge in [0.2, 0.25) is 5.91 Å². The summed E-state index contributed by atoms with van der Waals surface area (Å²) >= 11 is 1.50. The molecule has 5 rings (SSSR count). The molecule has 8 heteroatoms. The van der Waals surface area contributed by atoms with Crippen LogP contribution in [0.5, 0.6) is 0 Å². The molecule has 1 aliphatic heterocycles. The van der Waals surface area contributed by atoms with Crippen LogP contribution >= 0.6 is 11.3 Å². The van der Waals surface area contributed by atoms with Crippen LogP contribution in [0.1, 0.15) is 18.7 Å². The Kier molecular flexibility index (Phi) is 4.63. The van der Waals surface area contributed by atoms with Crippen molar-refractivity contribution in [2.24, 2.45) is 5.92 Å². The zero-order valence-corrected chi connectivity index (χ0v) is 16.5. The standard InChI is InChI=1S/C21H20FN5OS/c22-14-4-3-7-17-19(14)26-21(29-17)27-10-8-13(9-11-27)20(28)23-12-18-24-15-5-1-2-6-16(15)25-18/h1-7,13H,8-12H2,(H,23,28)(H,24,25). The first-order chi connectivity index (χ1) is 14.2. The van der Waals surface area contributed by atoms with Crippen LogP contribution in [0.4, 0.5) is 9.52 Å². The van der Waals surface area contributed by atoms with Crippen LogP contribution in [0.15, 0.2) is 42.5 Å². The molecule has 0 bridgehead atoms. The Morgan fingerprint density at radius 2 is 2.00 bits per heavy atom. The summed E-state index contributed by atoms with van der Waals surface area (Å²) in [5.41, 5.74) is 2.30. The fourth-order valence-corrected chi connectivity index (χ4v) is 4.81. The topological polar surface area (TPSA) is 73.9 Å². The number of thiazole rings is 1. The minimum absolute atomic E-state index is 0.0262. The lowest BCUT2D eigenvalue weighted by atomic mass is 9.96. The number of fused-ring (bicyclic) bond motifs is 2. The van der Waals surface area contributed by atoms with Gasteiger partial charge in [-0.3, -0.25) is 4.79 Å². The number of imidazole rings is 1. The number of hydrogen-bond acceptors (Lipinski definition) is 5. The molecule has 2 aromatic heterocycles. The number of amides is 1. The Hall–Kier alpha value is -3.00. The molecule has 0 atom stereocenters. The van der Waals surface area contributed by atoms with E-state index in [4.69, 9.17) is 0 Å². The molecule has 0 aliphatic carbocycles. The van der Waals surface area contributed by atoms with Crippen molar-refractivity contribution >= 4 is 43.6 Å². The van der Waals surface area contributed by atoms with Crippen molar-refractivity contribution in [2.75, 3.05) is 18.0 Å². The second-order valence-electron chi connectivity index (χ2n) is 7.26. The number of H-pyrrole nitrogens is 1. The molecule has 3 heterocycles. The number of carbonyl (C=O) groups is 1. The van der Waals surface area contributed by atoms with Crippen LogP contribution in [0.3, 0.4) is 0 Å². The number of carbonyl (C=O) groups excluding carboxylic acids is 1. The van der Waals surface area contributed by atoms with E-state index in [1.54, 1.807) is 6.07 Å². The second kappa shape index (κ2) is 7.44. The number of nitrogens with zero attached hydrogens (tertiary/aromatic N) is 3. The van der Waals surface area contributed by atoms with Crippen LogP contribution in [0, 0.1) is 11.7 Å². The van der Waals surface area contributed by atoms with E-state index < -0.39 is 0 Å². The molecule has 1 fully saturated rings. The summed E-state index contributed by atoms with van der Waals surface area (Å²) in [5, 5.41) is 3.82. The van der Waals surface area contributed by atoms with Gasteiger partial charge in [0.05, 0.1) is 22.3 Å². The number of piperidine rings is 1. The molecule has 6 nitrogen and oxygen atoms in total. The van der Waals surface area contributed by atoms with Gasteiger partial charge >= 0.3 is 0 Å². The highest BCUT2D eigenvalue weighted by Crippen LogP contribution is 2.32. The Morgan fingerprint density at radius 1 is 1.17 bits per heavy atom. The third-order valence-corrected chi connectivity index (χ3v) is 6.44. The molecule has 148 valence electrons. The highest BCUT2D eigenvalue weighted by molar-refractivity contribution is 7.22. The maximum atomic E-state index is 13.9. The molecule has 29 heavy (non-hydrogen) atoms. The summed E-state index contributed by atoms with van der Waals surface area (Å²) in [6.45, 7) is 1.87. The number of aromatic amines is 1. The van der Waals surface area contributed by atoms with E-state index >= 15 is 0 Å². The summed E-state index contributed by atoms with van der Waals surface area (Å²) in [6, 6.07) is 12.8. The monoisotopic (exact) mass is 409 g/mol. The summed E-state index contributed by atoms with van der Waals surface area (Å²) in [6.07, 6.45) is 1.51. The van der Waals surface area contributed by atoms with Crippen LogP contribution in [0.2, 0.25) is 0 Å². The van der Waals surface area contributed by atoms with Crippen molar-refractivity contribution in [1.29, 1.82) is 0 Å². The van der Waals surface area contributed by atoms with Crippen molar-refractivity contribution < 1.29 is 9.18 Å². The first-order valence-electron chi connectivity index (χ1n) is 9.69. The van der Waals surface area contributed by atoms with Crippen molar-refractivity contribution in [3.8, 4) is 0 Å². The highest BCUT2D eigenvalue weighted by Gasteiger charge is 2.26. The van der Waals surface area contributed by atoms with E-state index in [1.807, 2.05) is 30.3 Å². The van der Waals surface area contributed by atoms with Gasteiger partial charge in [0.15, 0.2) is 5.13 Å². The Balaban J connectivity index is 1.18. The largest absolute Gasteiger partial charge is 0.349 e. The van der Waals surface area contributed by atoms with Gasteiger partial charge in [0.1, 0.15) is 17.2 Å². The number of benzene rings is 2. The van der Waals surface area contributed by atoms with Gasteiger partial charge in [-0.05, 0) is 37.1 Å². The molecule has 0 radical (unpaired) electrons. The molecule has 4 aromatic rings. The van der Waals surface area contributed by atoms with Gasteiger partial charge in [0, 0.05) is 19.0 Å². The molecule has 1 saturated heterocycles. The lowest BCUT2D eigenvalue weighted by molar-refractivity contribution is -0.125. The van der Waals surface area contributed by atoms with Crippen molar-refractivity contribution in [3.05, 3.63) is 54.1 Å². The quantitative estimate of drug-likeness (QED) is 0.537. The maximum Gasteiger partial charge on any atom is 0.223 e. The van der Waals surface area contributed by atoms with Crippen LogP contribution in [0.25, 0.3) is 21.3 Å². The number of rotatable bonds is 4. The van der Waals surface area contributed by atoms with E-state index in [0.29, 0.717) is 12.1 Å². The smallest absolute Gasteiger partial charge is 0.223 e. The van der Waals surface area contributed by atoms with Gasteiger partial charge in [0.25, 0.3) is 0 Å². The third-order valence-electron chi connectivity index (χ3n) is 5.36. The predicted octanol–water partition coefficient (Wildman–Crippen LogP) is 3.84. The highest BCUT2D eigenvalue weighted by atomic mass is 32.1. The molecule has 0 saturated carbocycles. The number of para-hydroxylation sites is 3. The van der Waals surface area contributed by atoms with Crippen LogP contribution in [-0.4, -0.2) is 33.9 Å². The first-order valence-corrected chi connectivity index (χ1v) is 10.5. The fourth-order valence-electron chi connectivity index (χ4n) is 3.78. The zero-order valence-electron chi connectivity index (χ0n) is 15.7. The molecule has 1 aliphatic rings. The van der Waals surface area contributed by atoms with E-state index in [2.05, 4.69) is 25.2 Å². The molecule has 0 spiro atoms. The van der Waals surface area contributed by atoms with E-state index in [1.165, 1.54) is 17.4 Å². The summed E-state index contributed by atoms with van der Waals surface area (Å²) in [4.78, 5) is 26.9. The number of aromatic nitrogens is 3. The van der Waals surface area contributed by atoms with Crippen molar-refractivity contribution in [3.63, 3.8) is 0 Å².